The second kappa shape index (κ2) is 8.07. The van der Waals surface area contributed by atoms with Gasteiger partial charge in [0.1, 0.15) is 17.8 Å². The highest BCUT2D eigenvalue weighted by molar-refractivity contribution is 8.13. The van der Waals surface area contributed by atoms with Crippen molar-refractivity contribution in [2.24, 2.45) is 4.99 Å². The van der Waals surface area contributed by atoms with E-state index < -0.39 is 6.09 Å². The summed E-state index contributed by atoms with van der Waals surface area (Å²) in [4.78, 5) is 17.0. The van der Waals surface area contributed by atoms with Crippen molar-refractivity contribution in [1.29, 1.82) is 10.5 Å². The Labute approximate surface area is 157 Å². The number of hydrogen-bond donors (Lipinski definition) is 1. The molecule has 0 aromatic heterocycles. The van der Waals surface area contributed by atoms with Crippen molar-refractivity contribution >= 4 is 28.7 Å². The Hall–Kier alpha value is -2.77. The summed E-state index contributed by atoms with van der Waals surface area (Å²) in [5, 5.41) is 28.3. The fraction of sp³-hybridized carbons (Fsp3) is 0.368. The van der Waals surface area contributed by atoms with E-state index in [-0.39, 0.29) is 16.7 Å². The van der Waals surface area contributed by atoms with Gasteiger partial charge in [-0.25, -0.2) is 9.79 Å². The normalized spacial score (nSPS) is 15.9. The minimum atomic E-state index is -1.09. The smallest absolute Gasteiger partial charge is 0.413 e. The monoisotopic (exact) mass is 368 g/mol. The van der Waals surface area contributed by atoms with Crippen molar-refractivity contribution in [2.75, 3.05) is 12.3 Å². The van der Waals surface area contributed by atoms with Gasteiger partial charge in [-0.3, -0.25) is 4.90 Å². The van der Waals surface area contributed by atoms with Gasteiger partial charge in [0.2, 0.25) is 0 Å². The molecule has 1 aliphatic rings. The molecule has 0 radical (unpaired) electrons. The molecule has 1 aromatic carbocycles. The zero-order valence-corrected chi connectivity index (χ0v) is 15.8. The Morgan fingerprint density at radius 1 is 1.23 bits per heavy atom. The summed E-state index contributed by atoms with van der Waals surface area (Å²) in [7, 11) is 0. The van der Waals surface area contributed by atoms with Crippen LogP contribution in [0.2, 0.25) is 0 Å². The highest BCUT2D eigenvalue weighted by Gasteiger charge is 2.24. The standard InChI is InChI=1S/C19H20N4O2S/c1-19(2,3)15-7-5-13(6-8-15)16(14(11-20)12-21)22-17-23(18(24)25)9-4-10-26-17/h5-8H,4,9-10H2,1-3H3,(H,24,25)/b22-17-. The predicted molar refractivity (Wildman–Crippen MR) is 103 cm³/mol. The molecule has 0 unspecified atom stereocenters. The highest BCUT2D eigenvalue weighted by atomic mass is 32.2. The number of amides is 1. The molecule has 2 rings (SSSR count). The molecule has 0 spiro atoms. The first-order valence-corrected chi connectivity index (χ1v) is 9.14. The number of allylic oxidation sites excluding steroid dienone is 1. The summed E-state index contributed by atoms with van der Waals surface area (Å²) in [6.45, 7) is 6.64. The molecule has 1 amide bonds. The van der Waals surface area contributed by atoms with Gasteiger partial charge in [-0.1, -0.05) is 56.8 Å². The van der Waals surface area contributed by atoms with Gasteiger partial charge in [0.05, 0.1) is 0 Å². The second-order valence-electron chi connectivity index (χ2n) is 6.81. The molecule has 7 heteroatoms. The number of carbonyl (C=O) groups is 1. The van der Waals surface area contributed by atoms with Crippen molar-refractivity contribution < 1.29 is 9.90 Å². The van der Waals surface area contributed by atoms with E-state index in [0.717, 1.165) is 22.6 Å². The summed E-state index contributed by atoms with van der Waals surface area (Å²) in [5.74, 6) is 0.743. The Morgan fingerprint density at radius 2 is 1.85 bits per heavy atom. The van der Waals surface area contributed by atoms with Crippen molar-refractivity contribution in [2.45, 2.75) is 32.6 Å². The number of benzene rings is 1. The van der Waals surface area contributed by atoms with E-state index in [1.54, 1.807) is 0 Å². The fourth-order valence-corrected chi connectivity index (χ4v) is 3.39. The molecule has 1 aliphatic heterocycles. The van der Waals surface area contributed by atoms with Crippen LogP contribution in [-0.2, 0) is 5.41 Å². The van der Waals surface area contributed by atoms with Crippen molar-refractivity contribution in [3.8, 4) is 12.1 Å². The van der Waals surface area contributed by atoms with Crippen LogP contribution in [0, 0.1) is 22.7 Å². The lowest BCUT2D eigenvalue weighted by Gasteiger charge is -2.25. The molecule has 0 atom stereocenters. The molecule has 1 fully saturated rings. The number of amidine groups is 1. The zero-order chi connectivity index (χ0) is 19.3. The predicted octanol–water partition coefficient (Wildman–Crippen LogP) is 4.22. The number of hydrogen-bond acceptors (Lipinski definition) is 5. The second-order valence-corrected chi connectivity index (χ2v) is 7.87. The number of nitrogens with zero attached hydrogens (tertiary/aromatic N) is 4. The van der Waals surface area contributed by atoms with Crippen molar-refractivity contribution in [1.82, 2.24) is 4.90 Å². The van der Waals surface area contributed by atoms with Gasteiger partial charge in [-0.2, -0.15) is 10.5 Å². The number of aliphatic imine (C=N–C) groups is 1. The van der Waals surface area contributed by atoms with Crippen LogP contribution < -0.4 is 0 Å². The Morgan fingerprint density at radius 3 is 2.35 bits per heavy atom. The van der Waals surface area contributed by atoms with E-state index in [1.807, 2.05) is 36.4 Å². The Balaban J connectivity index is 2.54. The van der Waals surface area contributed by atoms with E-state index in [9.17, 15) is 20.4 Å². The third kappa shape index (κ3) is 4.44. The molecule has 134 valence electrons. The third-order valence-corrected chi connectivity index (χ3v) is 4.97. The SMILES string of the molecule is CC(C)(C)c1ccc(C(/N=C2\SCCCN2C(=O)O)=C(C#N)C#N)cc1. The Bertz CT molecular complexity index is 820. The van der Waals surface area contributed by atoms with Crippen LogP contribution in [0.1, 0.15) is 38.3 Å². The van der Waals surface area contributed by atoms with Crippen molar-refractivity contribution in [3.63, 3.8) is 0 Å². The van der Waals surface area contributed by atoms with Crippen LogP contribution in [0.4, 0.5) is 4.79 Å². The van der Waals surface area contributed by atoms with Gasteiger partial charge in [0, 0.05) is 17.9 Å². The first kappa shape index (κ1) is 19.6. The molecule has 0 bridgehead atoms. The molecule has 26 heavy (non-hydrogen) atoms. The molecular formula is C19H20N4O2S. The average Bonchev–Trinajstić information content (AvgIpc) is 2.61. The van der Waals surface area contributed by atoms with E-state index in [1.165, 1.54) is 11.8 Å². The molecule has 1 N–H and O–H groups in total. The molecule has 1 saturated heterocycles. The number of carboxylic acid groups (broad SMARTS) is 1. The summed E-state index contributed by atoms with van der Waals surface area (Å²) < 4.78 is 0. The first-order valence-electron chi connectivity index (χ1n) is 8.15. The minimum absolute atomic E-state index is 0.0269. The zero-order valence-electron chi connectivity index (χ0n) is 15.0. The molecular weight excluding hydrogens is 348 g/mol. The highest BCUT2D eigenvalue weighted by Crippen LogP contribution is 2.28. The molecule has 1 heterocycles. The van der Waals surface area contributed by atoms with Crippen LogP contribution in [-0.4, -0.2) is 33.6 Å². The fourth-order valence-electron chi connectivity index (χ4n) is 2.45. The van der Waals surface area contributed by atoms with E-state index >= 15 is 0 Å². The number of nitriles is 2. The van der Waals surface area contributed by atoms with E-state index in [2.05, 4.69) is 25.8 Å². The largest absolute Gasteiger partial charge is 0.465 e. The third-order valence-electron chi connectivity index (χ3n) is 3.91. The quantitative estimate of drug-likeness (QED) is 0.788. The van der Waals surface area contributed by atoms with Gasteiger partial charge < -0.3 is 5.11 Å². The van der Waals surface area contributed by atoms with Gasteiger partial charge in [0.25, 0.3) is 0 Å². The molecule has 0 aliphatic carbocycles. The van der Waals surface area contributed by atoms with Crippen molar-refractivity contribution in [3.05, 3.63) is 41.0 Å². The van der Waals surface area contributed by atoms with Crippen LogP contribution in [0.25, 0.3) is 5.70 Å². The van der Waals surface area contributed by atoms with E-state index in [4.69, 9.17) is 0 Å². The molecule has 6 nitrogen and oxygen atoms in total. The Kier molecular flexibility index (Phi) is 6.07. The lowest BCUT2D eigenvalue weighted by molar-refractivity contribution is 0.169. The maximum Gasteiger partial charge on any atom is 0.413 e. The topological polar surface area (TPSA) is 100 Å². The van der Waals surface area contributed by atoms with Crippen LogP contribution in [0.3, 0.4) is 0 Å². The molecule has 1 aromatic rings. The van der Waals surface area contributed by atoms with Gasteiger partial charge in [-0.05, 0) is 17.4 Å². The number of thioether (sulfide) groups is 1. The maximum absolute atomic E-state index is 11.4. The summed E-state index contributed by atoms with van der Waals surface area (Å²) in [5.41, 5.74) is 1.76. The van der Waals surface area contributed by atoms with Gasteiger partial charge in [-0.15, -0.1) is 0 Å². The van der Waals surface area contributed by atoms with Crippen LogP contribution >= 0.6 is 11.8 Å². The van der Waals surface area contributed by atoms with Gasteiger partial charge in [0.15, 0.2) is 10.7 Å². The summed E-state index contributed by atoms with van der Waals surface area (Å²) >= 11 is 1.31. The summed E-state index contributed by atoms with van der Waals surface area (Å²) in [6.07, 6.45) is -0.354. The number of rotatable bonds is 2. The average molecular weight is 368 g/mol. The van der Waals surface area contributed by atoms with Gasteiger partial charge >= 0.3 is 6.09 Å². The molecule has 0 saturated carbocycles. The first-order chi connectivity index (χ1) is 12.3. The summed E-state index contributed by atoms with van der Waals surface area (Å²) in [6, 6.07) is 11.2. The van der Waals surface area contributed by atoms with E-state index in [0.29, 0.717) is 17.3 Å². The van der Waals surface area contributed by atoms with Crippen LogP contribution in [0.5, 0.6) is 0 Å². The maximum atomic E-state index is 11.4. The lowest BCUT2D eigenvalue weighted by Crippen LogP contribution is -2.38. The lowest BCUT2D eigenvalue weighted by atomic mass is 9.86. The minimum Gasteiger partial charge on any atom is -0.465 e. The van der Waals surface area contributed by atoms with Crippen LogP contribution in [0.15, 0.2) is 34.8 Å².